The Kier molecular flexibility index (Phi) is 7.63. The van der Waals surface area contributed by atoms with E-state index in [1.54, 1.807) is 18.6 Å². The molecule has 5 nitrogen and oxygen atoms in total. The molecule has 0 saturated carbocycles. The van der Waals surface area contributed by atoms with Crippen molar-refractivity contribution in [2.24, 2.45) is 4.99 Å². The molecule has 1 aliphatic carbocycles. The zero-order valence-electron chi connectivity index (χ0n) is 17.3. The average molecular weight is 419 g/mol. The van der Waals surface area contributed by atoms with Gasteiger partial charge in [0.05, 0.1) is 17.9 Å². The molecule has 1 atom stereocenters. The first kappa shape index (κ1) is 21.6. The third-order valence-electron chi connectivity index (χ3n) is 4.71. The average Bonchev–Trinajstić information content (AvgIpc) is 3.23. The number of allylic oxidation sites excluding steroid dienone is 6. The highest BCUT2D eigenvalue weighted by atomic mass is 32.2. The zero-order valence-corrected chi connectivity index (χ0v) is 18.1. The van der Waals surface area contributed by atoms with Crippen molar-refractivity contribution in [3.8, 4) is 0 Å². The number of thioether (sulfide) groups is 1. The number of hydrogen-bond donors (Lipinski definition) is 1. The number of aromatic nitrogens is 2. The number of rotatable bonds is 6. The summed E-state index contributed by atoms with van der Waals surface area (Å²) in [6.07, 6.45) is 16.6. The number of amidine groups is 1. The fraction of sp³-hybridized carbons (Fsp3) is 0.208. The number of carbonyl (C=O) groups is 1. The van der Waals surface area contributed by atoms with Gasteiger partial charge in [0.2, 0.25) is 5.91 Å². The van der Waals surface area contributed by atoms with Crippen molar-refractivity contribution in [1.29, 1.82) is 0 Å². The molecule has 30 heavy (non-hydrogen) atoms. The van der Waals surface area contributed by atoms with E-state index in [0.717, 1.165) is 23.4 Å². The molecule has 1 aromatic carbocycles. The van der Waals surface area contributed by atoms with Gasteiger partial charge >= 0.3 is 0 Å². The molecule has 1 amide bonds. The summed E-state index contributed by atoms with van der Waals surface area (Å²) in [5.74, 6) is -0.382. The van der Waals surface area contributed by atoms with Gasteiger partial charge in [-0.2, -0.15) is 0 Å². The molecule has 1 N–H and O–H groups in total. The van der Waals surface area contributed by atoms with E-state index in [0.29, 0.717) is 11.6 Å². The smallest absolute Gasteiger partial charge is 0.233 e. The highest BCUT2D eigenvalue weighted by Gasteiger charge is 2.20. The second-order valence-electron chi connectivity index (χ2n) is 6.98. The SMILES string of the molecule is C=CCC(C(=O)NC(=NC1=CC=C(n2ccnc2)CC(C)=C1)SC)c1ccccc1. The monoisotopic (exact) mass is 418 g/mol. The maximum Gasteiger partial charge on any atom is 0.233 e. The van der Waals surface area contributed by atoms with E-state index in [-0.39, 0.29) is 11.8 Å². The fourth-order valence-electron chi connectivity index (χ4n) is 3.23. The lowest BCUT2D eigenvalue weighted by Crippen LogP contribution is -2.33. The molecule has 0 bridgehead atoms. The normalized spacial score (nSPS) is 15.4. The van der Waals surface area contributed by atoms with Gasteiger partial charge in [-0.05, 0) is 43.4 Å². The third-order valence-corrected chi connectivity index (χ3v) is 5.29. The lowest BCUT2D eigenvalue weighted by Gasteiger charge is -2.16. The summed E-state index contributed by atoms with van der Waals surface area (Å²) in [5.41, 5.74) is 4.07. The van der Waals surface area contributed by atoms with Crippen LogP contribution in [0.4, 0.5) is 0 Å². The van der Waals surface area contributed by atoms with Crippen LogP contribution >= 0.6 is 11.8 Å². The lowest BCUT2D eigenvalue weighted by molar-refractivity contribution is -0.121. The van der Waals surface area contributed by atoms with Crippen LogP contribution in [-0.4, -0.2) is 26.9 Å². The van der Waals surface area contributed by atoms with Gasteiger partial charge in [0.25, 0.3) is 0 Å². The summed E-state index contributed by atoms with van der Waals surface area (Å²) in [7, 11) is 0. The van der Waals surface area contributed by atoms with E-state index in [1.807, 2.05) is 65.6 Å². The Labute approximate surface area is 182 Å². The number of benzene rings is 1. The minimum Gasteiger partial charge on any atom is -0.310 e. The van der Waals surface area contributed by atoms with E-state index in [2.05, 4.69) is 23.8 Å². The number of carbonyl (C=O) groups excluding carboxylic acids is 1. The summed E-state index contributed by atoms with van der Waals surface area (Å²) >= 11 is 1.42. The van der Waals surface area contributed by atoms with Crippen molar-refractivity contribution in [2.45, 2.75) is 25.7 Å². The van der Waals surface area contributed by atoms with Crippen LogP contribution in [-0.2, 0) is 4.79 Å². The lowest BCUT2D eigenvalue weighted by atomic mass is 9.95. The van der Waals surface area contributed by atoms with Crippen molar-refractivity contribution in [3.63, 3.8) is 0 Å². The number of imidazole rings is 1. The van der Waals surface area contributed by atoms with Crippen LogP contribution in [0.15, 0.2) is 96.2 Å². The zero-order chi connectivity index (χ0) is 21.3. The van der Waals surface area contributed by atoms with Gasteiger partial charge in [-0.15, -0.1) is 6.58 Å². The van der Waals surface area contributed by atoms with Gasteiger partial charge in [0.1, 0.15) is 0 Å². The molecule has 1 unspecified atom stereocenters. The van der Waals surface area contributed by atoms with E-state index < -0.39 is 0 Å². The molecular weight excluding hydrogens is 392 g/mol. The van der Waals surface area contributed by atoms with Crippen LogP contribution in [0.25, 0.3) is 5.70 Å². The Balaban J connectivity index is 1.81. The molecule has 3 rings (SSSR count). The predicted octanol–water partition coefficient (Wildman–Crippen LogP) is 5.15. The largest absolute Gasteiger partial charge is 0.310 e. The van der Waals surface area contributed by atoms with E-state index in [9.17, 15) is 4.79 Å². The summed E-state index contributed by atoms with van der Waals surface area (Å²) in [6.45, 7) is 5.88. The summed E-state index contributed by atoms with van der Waals surface area (Å²) in [4.78, 5) is 21.8. The standard InChI is InChI=1S/C24H26N4OS/c1-4-8-22(19-9-6-5-7-10-19)23(29)27-24(30-3)26-20-11-12-21(16-18(2)15-20)28-14-13-25-17-28/h4-7,9-15,17,22H,1,8,16H2,2-3H3,(H,26,27,29). The van der Waals surface area contributed by atoms with Gasteiger partial charge < -0.3 is 9.88 Å². The predicted molar refractivity (Wildman–Crippen MR) is 126 cm³/mol. The fourth-order valence-corrected chi connectivity index (χ4v) is 3.63. The van der Waals surface area contributed by atoms with Crippen LogP contribution in [0.5, 0.6) is 0 Å². The summed E-state index contributed by atoms with van der Waals surface area (Å²) < 4.78 is 2.00. The van der Waals surface area contributed by atoms with Crippen molar-refractivity contribution < 1.29 is 4.79 Å². The molecule has 1 aromatic heterocycles. The van der Waals surface area contributed by atoms with Gasteiger partial charge in [0, 0.05) is 24.5 Å². The minimum atomic E-state index is -0.297. The molecule has 0 radical (unpaired) electrons. The van der Waals surface area contributed by atoms with Gasteiger partial charge in [-0.1, -0.05) is 53.7 Å². The van der Waals surface area contributed by atoms with Gasteiger partial charge in [0.15, 0.2) is 5.17 Å². The summed E-state index contributed by atoms with van der Waals surface area (Å²) in [6, 6.07) is 9.75. The van der Waals surface area contributed by atoms with Crippen LogP contribution in [0, 0.1) is 0 Å². The van der Waals surface area contributed by atoms with Crippen LogP contribution in [0.1, 0.15) is 31.2 Å². The van der Waals surface area contributed by atoms with E-state index in [1.165, 1.54) is 17.3 Å². The van der Waals surface area contributed by atoms with E-state index in [4.69, 9.17) is 4.99 Å². The van der Waals surface area contributed by atoms with Crippen LogP contribution in [0.2, 0.25) is 0 Å². The molecule has 1 heterocycles. The Hall–Kier alpha value is -3.12. The molecule has 0 fully saturated rings. The highest BCUT2D eigenvalue weighted by Crippen LogP contribution is 2.23. The van der Waals surface area contributed by atoms with Crippen LogP contribution < -0.4 is 5.32 Å². The van der Waals surface area contributed by atoms with Gasteiger partial charge in [-0.25, -0.2) is 9.98 Å². The van der Waals surface area contributed by atoms with Gasteiger partial charge in [-0.3, -0.25) is 4.79 Å². The quantitative estimate of drug-likeness (QED) is 0.401. The maximum atomic E-state index is 13.0. The molecule has 154 valence electrons. The molecule has 6 heteroatoms. The Bertz CT molecular complexity index is 1000. The number of nitrogens with zero attached hydrogens (tertiary/aromatic N) is 3. The number of hydrogen-bond acceptors (Lipinski definition) is 4. The van der Waals surface area contributed by atoms with E-state index >= 15 is 0 Å². The Morgan fingerprint density at radius 3 is 2.83 bits per heavy atom. The first-order valence-electron chi connectivity index (χ1n) is 9.76. The highest BCUT2D eigenvalue weighted by molar-refractivity contribution is 8.13. The molecule has 0 spiro atoms. The second-order valence-corrected chi connectivity index (χ2v) is 7.78. The molecule has 1 aliphatic rings. The molecule has 0 saturated heterocycles. The Morgan fingerprint density at radius 1 is 1.37 bits per heavy atom. The van der Waals surface area contributed by atoms with Crippen molar-refractivity contribution in [2.75, 3.05) is 6.26 Å². The number of nitrogens with one attached hydrogen (secondary N) is 1. The number of aliphatic imine (C=N–C) groups is 1. The van der Waals surface area contributed by atoms with Crippen LogP contribution in [0.3, 0.4) is 0 Å². The molecular formula is C24H26N4OS. The topological polar surface area (TPSA) is 59.3 Å². The molecule has 2 aromatic rings. The first-order valence-corrected chi connectivity index (χ1v) is 11.0. The van der Waals surface area contributed by atoms with Crippen molar-refractivity contribution in [3.05, 3.63) is 96.8 Å². The summed E-state index contributed by atoms with van der Waals surface area (Å²) in [5, 5.41) is 3.56. The molecule has 0 aliphatic heterocycles. The Morgan fingerprint density at radius 2 is 2.17 bits per heavy atom. The third kappa shape index (κ3) is 5.70. The number of amides is 1. The minimum absolute atomic E-state index is 0.0845. The van der Waals surface area contributed by atoms with Crippen molar-refractivity contribution in [1.82, 2.24) is 14.9 Å². The maximum absolute atomic E-state index is 13.0. The first-order chi connectivity index (χ1) is 14.6. The second kappa shape index (κ2) is 10.6. The van der Waals surface area contributed by atoms with Crippen molar-refractivity contribution >= 4 is 28.5 Å².